The summed E-state index contributed by atoms with van der Waals surface area (Å²) in [5.74, 6) is 0.812. The second kappa shape index (κ2) is 7.01. The highest BCUT2D eigenvalue weighted by atomic mass is 15.1. The number of rotatable bonds is 5. The summed E-state index contributed by atoms with van der Waals surface area (Å²) in [5, 5.41) is 3.75. The molecule has 3 nitrogen and oxygen atoms in total. The fraction of sp³-hybridized carbons (Fsp3) is 0.688. The lowest BCUT2D eigenvalue weighted by molar-refractivity contribution is 0.165. The van der Waals surface area contributed by atoms with Crippen LogP contribution in [-0.2, 0) is 0 Å². The molecule has 1 fully saturated rings. The molecule has 2 heterocycles. The van der Waals surface area contributed by atoms with Gasteiger partial charge in [0, 0.05) is 24.5 Å². The first-order valence-electron chi connectivity index (χ1n) is 7.59. The van der Waals surface area contributed by atoms with Crippen LogP contribution in [-0.4, -0.2) is 35.6 Å². The predicted molar refractivity (Wildman–Crippen MR) is 80.1 cm³/mol. The van der Waals surface area contributed by atoms with E-state index in [9.17, 15) is 0 Å². The molecular weight excluding hydrogens is 234 g/mol. The van der Waals surface area contributed by atoms with E-state index < -0.39 is 0 Å². The molecule has 0 spiro atoms. The monoisotopic (exact) mass is 261 g/mol. The molecule has 1 unspecified atom stereocenters. The molecule has 2 atom stereocenters. The number of pyridine rings is 1. The van der Waals surface area contributed by atoms with Crippen molar-refractivity contribution in [3.05, 3.63) is 30.1 Å². The summed E-state index contributed by atoms with van der Waals surface area (Å²) in [6.45, 7) is 10.6. The number of piperidine rings is 1. The van der Waals surface area contributed by atoms with Gasteiger partial charge in [0.1, 0.15) is 0 Å². The maximum absolute atomic E-state index is 4.08. The van der Waals surface area contributed by atoms with Crippen LogP contribution in [0.3, 0.4) is 0 Å². The summed E-state index contributed by atoms with van der Waals surface area (Å²) in [4.78, 5) is 6.63. The zero-order valence-electron chi connectivity index (χ0n) is 12.5. The van der Waals surface area contributed by atoms with Crippen LogP contribution in [0.2, 0.25) is 0 Å². The molecule has 2 rings (SSSR count). The molecule has 1 aliphatic heterocycles. The van der Waals surface area contributed by atoms with Crippen molar-refractivity contribution in [1.82, 2.24) is 15.2 Å². The van der Waals surface area contributed by atoms with Crippen LogP contribution in [0.4, 0.5) is 0 Å². The van der Waals surface area contributed by atoms with Gasteiger partial charge in [-0.05, 0) is 69.9 Å². The Morgan fingerprint density at radius 1 is 1.26 bits per heavy atom. The van der Waals surface area contributed by atoms with Crippen LogP contribution in [0.25, 0.3) is 0 Å². The predicted octanol–water partition coefficient (Wildman–Crippen LogP) is 2.85. The number of hydrogen-bond acceptors (Lipinski definition) is 3. The Kier molecular flexibility index (Phi) is 5.34. The van der Waals surface area contributed by atoms with Gasteiger partial charge in [0.15, 0.2) is 0 Å². The third-order valence-electron chi connectivity index (χ3n) is 4.51. The molecule has 0 saturated carbocycles. The summed E-state index contributed by atoms with van der Waals surface area (Å²) in [6.07, 6.45) is 6.39. The molecule has 0 bridgehead atoms. The molecule has 1 aliphatic rings. The standard InChI is InChI=1S/C16H27N3/c1-4-19-11-7-16(8-12-19)14(3)18-13(2)15-5-9-17-10-6-15/h5-6,9-10,13-14,16,18H,4,7-8,11-12H2,1-3H3/t13-,14?/m0/s1. The van der Waals surface area contributed by atoms with Crippen molar-refractivity contribution in [2.75, 3.05) is 19.6 Å². The Morgan fingerprint density at radius 2 is 1.89 bits per heavy atom. The summed E-state index contributed by atoms with van der Waals surface area (Å²) >= 11 is 0. The van der Waals surface area contributed by atoms with Crippen molar-refractivity contribution >= 4 is 0 Å². The lowest BCUT2D eigenvalue weighted by Crippen LogP contribution is -2.42. The number of likely N-dealkylation sites (tertiary alicyclic amines) is 1. The Bertz CT molecular complexity index is 358. The number of nitrogens with zero attached hydrogens (tertiary/aromatic N) is 2. The quantitative estimate of drug-likeness (QED) is 0.883. The lowest BCUT2D eigenvalue weighted by atomic mass is 9.89. The van der Waals surface area contributed by atoms with Crippen LogP contribution in [0, 0.1) is 5.92 Å². The Balaban J connectivity index is 1.83. The Morgan fingerprint density at radius 3 is 2.47 bits per heavy atom. The highest BCUT2D eigenvalue weighted by Crippen LogP contribution is 2.22. The molecule has 1 aromatic heterocycles. The fourth-order valence-electron chi connectivity index (χ4n) is 3.05. The van der Waals surface area contributed by atoms with Gasteiger partial charge in [0.25, 0.3) is 0 Å². The van der Waals surface area contributed by atoms with Crippen LogP contribution >= 0.6 is 0 Å². The van der Waals surface area contributed by atoms with Crippen molar-refractivity contribution < 1.29 is 0 Å². The summed E-state index contributed by atoms with van der Waals surface area (Å²) in [5.41, 5.74) is 1.33. The van der Waals surface area contributed by atoms with Gasteiger partial charge in [-0.1, -0.05) is 6.92 Å². The van der Waals surface area contributed by atoms with E-state index in [2.05, 4.69) is 48.1 Å². The molecule has 1 aromatic rings. The number of hydrogen-bond donors (Lipinski definition) is 1. The van der Waals surface area contributed by atoms with E-state index in [0.717, 1.165) is 5.92 Å². The second-order valence-corrected chi connectivity index (χ2v) is 5.73. The van der Waals surface area contributed by atoms with E-state index in [0.29, 0.717) is 12.1 Å². The van der Waals surface area contributed by atoms with Crippen LogP contribution in [0.5, 0.6) is 0 Å². The van der Waals surface area contributed by atoms with Crippen molar-refractivity contribution in [2.45, 2.75) is 45.7 Å². The van der Waals surface area contributed by atoms with Crippen LogP contribution in [0.15, 0.2) is 24.5 Å². The summed E-state index contributed by atoms with van der Waals surface area (Å²) in [7, 11) is 0. The maximum Gasteiger partial charge on any atom is 0.0295 e. The molecule has 106 valence electrons. The van der Waals surface area contributed by atoms with E-state index in [-0.39, 0.29) is 0 Å². The normalized spacial score (nSPS) is 21.2. The van der Waals surface area contributed by atoms with Gasteiger partial charge in [-0.25, -0.2) is 0 Å². The van der Waals surface area contributed by atoms with Gasteiger partial charge in [-0.2, -0.15) is 0 Å². The molecule has 19 heavy (non-hydrogen) atoms. The third kappa shape index (κ3) is 4.02. The molecule has 0 radical (unpaired) electrons. The minimum atomic E-state index is 0.405. The lowest BCUT2D eigenvalue weighted by Gasteiger charge is -2.35. The smallest absolute Gasteiger partial charge is 0.0295 e. The average Bonchev–Trinajstić information content (AvgIpc) is 2.48. The minimum absolute atomic E-state index is 0.405. The van der Waals surface area contributed by atoms with Gasteiger partial charge in [0.05, 0.1) is 0 Å². The van der Waals surface area contributed by atoms with E-state index in [1.54, 1.807) is 0 Å². The van der Waals surface area contributed by atoms with E-state index >= 15 is 0 Å². The fourth-order valence-corrected chi connectivity index (χ4v) is 3.05. The van der Waals surface area contributed by atoms with Gasteiger partial charge in [-0.15, -0.1) is 0 Å². The van der Waals surface area contributed by atoms with E-state index in [1.165, 1.54) is 38.0 Å². The Hall–Kier alpha value is -0.930. The second-order valence-electron chi connectivity index (χ2n) is 5.73. The summed E-state index contributed by atoms with van der Waals surface area (Å²) < 4.78 is 0. The number of nitrogens with one attached hydrogen (secondary N) is 1. The average molecular weight is 261 g/mol. The SMILES string of the molecule is CCN1CCC(C(C)N[C@@H](C)c2ccncc2)CC1. The van der Waals surface area contributed by atoms with Gasteiger partial charge in [0.2, 0.25) is 0 Å². The number of aromatic nitrogens is 1. The van der Waals surface area contributed by atoms with Gasteiger partial charge >= 0.3 is 0 Å². The molecule has 0 amide bonds. The molecule has 0 aliphatic carbocycles. The van der Waals surface area contributed by atoms with Gasteiger partial charge in [-0.3, -0.25) is 4.98 Å². The zero-order chi connectivity index (χ0) is 13.7. The first-order chi connectivity index (χ1) is 9.20. The van der Waals surface area contributed by atoms with E-state index in [4.69, 9.17) is 0 Å². The summed E-state index contributed by atoms with van der Waals surface area (Å²) in [6, 6.07) is 5.19. The van der Waals surface area contributed by atoms with Crippen LogP contribution < -0.4 is 5.32 Å². The van der Waals surface area contributed by atoms with Crippen molar-refractivity contribution in [3.63, 3.8) is 0 Å². The van der Waals surface area contributed by atoms with Crippen molar-refractivity contribution in [3.8, 4) is 0 Å². The van der Waals surface area contributed by atoms with E-state index in [1.807, 2.05) is 12.4 Å². The minimum Gasteiger partial charge on any atom is -0.307 e. The topological polar surface area (TPSA) is 28.2 Å². The molecule has 1 N–H and O–H groups in total. The zero-order valence-corrected chi connectivity index (χ0v) is 12.5. The Labute approximate surface area is 117 Å². The molecular formula is C16H27N3. The highest BCUT2D eigenvalue weighted by Gasteiger charge is 2.24. The first kappa shape index (κ1) is 14.5. The largest absolute Gasteiger partial charge is 0.307 e. The van der Waals surface area contributed by atoms with Gasteiger partial charge < -0.3 is 10.2 Å². The first-order valence-corrected chi connectivity index (χ1v) is 7.59. The molecule has 3 heteroatoms. The maximum atomic E-state index is 4.08. The third-order valence-corrected chi connectivity index (χ3v) is 4.51. The van der Waals surface area contributed by atoms with Crippen molar-refractivity contribution in [2.24, 2.45) is 5.92 Å². The highest BCUT2D eigenvalue weighted by molar-refractivity contribution is 5.14. The van der Waals surface area contributed by atoms with Crippen molar-refractivity contribution in [1.29, 1.82) is 0 Å². The molecule has 1 saturated heterocycles. The van der Waals surface area contributed by atoms with Crippen LogP contribution in [0.1, 0.15) is 45.2 Å². The molecule has 0 aromatic carbocycles.